The second kappa shape index (κ2) is 7.17. The Morgan fingerprint density at radius 3 is 2.76 bits per heavy atom. The van der Waals surface area contributed by atoms with Crippen LogP contribution in [0.2, 0.25) is 5.02 Å². The number of benzene rings is 1. The van der Waals surface area contributed by atoms with Crippen LogP contribution in [0.15, 0.2) is 24.3 Å². The van der Waals surface area contributed by atoms with E-state index in [0.717, 1.165) is 18.4 Å². The van der Waals surface area contributed by atoms with Crippen molar-refractivity contribution in [1.82, 2.24) is 10.6 Å². The summed E-state index contributed by atoms with van der Waals surface area (Å²) in [6.45, 7) is 4.71. The first-order valence-electron chi connectivity index (χ1n) is 5.94. The molecule has 0 saturated carbocycles. The van der Waals surface area contributed by atoms with E-state index in [0.29, 0.717) is 11.6 Å². The normalized spacial score (nSPS) is 11.9. The molecule has 1 aromatic carbocycles. The molecule has 3 nitrogen and oxygen atoms in total. The van der Waals surface area contributed by atoms with Crippen molar-refractivity contribution in [3.8, 4) is 0 Å². The summed E-state index contributed by atoms with van der Waals surface area (Å²) in [5.41, 5.74) is 0.930. The molecule has 0 aromatic heterocycles. The van der Waals surface area contributed by atoms with Gasteiger partial charge in [-0.15, -0.1) is 0 Å². The zero-order valence-corrected chi connectivity index (χ0v) is 11.1. The quantitative estimate of drug-likeness (QED) is 0.776. The van der Waals surface area contributed by atoms with E-state index >= 15 is 0 Å². The molecule has 0 fully saturated rings. The van der Waals surface area contributed by atoms with Gasteiger partial charge >= 0.3 is 6.03 Å². The van der Waals surface area contributed by atoms with Crippen molar-refractivity contribution in [3.63, 3.8) is 0 Å². The predicted octanol–water partition coefficient (Wildman–Crippen LogP) is 3.50. The fourth-order valence-electron chi connectivity index (χ4n) is 1.53. The lowest BCUT2D eigenvalue weighted by Crippen LogP contribution is -2.37. The second-order valence-electron chi connectivity index (χ2n) is 4.00. The fourth-order valence-corrected chi connectivity index (χ4v) is 1.83. The number of hydrogen-bond donors (Lipinski definition) is 2. The highest BCUT2D eigenvalue weighted by Gasteiger charge is 2.11. The number of carbonyl (C=O) groups is 1. The Morgan fingerprint density at radius 2 is 2.12 bits per heavy atom. The number of amides is 2. The van der Waals surface area contributed by atoms with Crippen LogP contribution in [-0.2, 0) is 0 Å². The molecular weight excluding hydrogens is 236 g/mol. The molecule has 0 saturated heterocycles. The van der Waals surface area contributed by atoms with E-state index in [2.05, 4.69) is 17.6 Å². The van der Waals surface area contributed by atoms with E-state index in [9.17, 15) is 4.79 Å². The molecule has 1 aromatic rings. The van der Waals surface area contributed by atoms with E-state index < -0.39 is 0 Å². The maximum atomic E-state index is 11.5. The summed E-state index contributed by atoms with van der Waals surface area (Å²) >= 11 is 6.06. The predicted molar refractivity (Wildman–Crippen MR) is 71.3 cm³/mol. The number of carbonyl (C=O) groups excluding carboxylic acids is 1. The standard InChI is InChI=1S/C13H19ClN2O/c1-3-4-9-15-13(17)16-10(2)11-7-5-6-8-12(11)14/h5-8,10H,3-4,9H2,1-2H3,(H2,15,16,17). The summed E-state index contributed by atoms with van der Waals surface area (Å²) in [6, 6.07) is 7.29. The molecule has 0 bridgehead atoms. The highest BCUT2D eigenvalue weighted by atomic mass is 35.5. The number of urea groups is 1. The van der Waals surface area contributed by atoms with E-state index in [4.69, 9.17) is 11.6 Å². The number of rotatable bonds is 5. The minimum Gasteiger partial charge on any atom is -0.338 e. The second-order valence-corrected chi connectivity index (χ2v) is 4.40. The van der Waals surface area contributed by atoms with Crippen LogP contribution < -0.4 is 10.6 Å². The summed E-state index contributed by atoms with van der Waals surface area (Å²) in [7, 11) is 0. The average Bonchev–Trinajstić information content (AvgIpc) is 2.29. The molecule has 0 aliphatic rings. The number of hydrogen-bond acceptors (Lipinski definition) is 1. The van der Waals surface area contributed by atoms with Gasteiger partial charge in [0.1, 0.15) is 0 Å². The van der Waals surface area contributed by atoms with E-state index in [1.54, 1.807) is 0 Å². The van der Waals surface area contributed by atoms with Crippen molar-refractivity contribution in [2.24, 2.45) is 0 Å². The van der Waals surface area contributed by atoms with E-state index in [1.165, 1.54) is 0 Å². The number of unbranched alkanes of at least 4 members (excludes halogenated alkanes) is 1. The Balaban J connectivity index is 2.46. The molecule has 4 heteroatoms. The molecule has 1 atom stereocenters. The van der Waals surface area contributed by atoms with Crippen molar-refractivity contribution in [3.05, 3.63) is 34.9 Å². The van der Waals surface area contributed by atoms with Gasteiger partial charge in [0.25, 0.3) is 0 Å². The topological polar surface area (TPSA) is 41.1 Å². The average molecular weight is 255 g/mol. The van der Waals surface area contributed by atoms with Crippen LogP contribution in [0.1, 0.15) is 38.3 Å². The molecular formula is C13H19ClN2O. The lowest BCUT2D eigenvalue weighted by Gasteiger charge is -2.16. The zero-order chi connectivity index (χ0) is 12.7. The fraction of sp³-hybridized carbons (Fsp3) is 0.462. The Labute approximate surface area is 108 Å². The Kier molecular flexibility index (Phi) is 5.84. The van der Waals surface area contributed by atoms with Gasteiger partial charge in [-0.1, -0.05) is 43.1 Å². The van der Waals surface area contributed by atoms with Gasteiger partial charge < -0.3 is 10.6 Å². The van der Waals surface area contributed by atoms with Crippen LogP contribution in [0.5, 0.6) is 0 Å². The lowest BCUT2D eigenvalue weighted by atomic mass is 10.1. The Bertz CT molecular complexity index is 368. The van der Waals surface area contributed by atoms with Crippen molar-refractivity contribution in [2.75, 3.05) is 6.54 Å². The number of nitrogens with one attached hydrogen (secondary N) is 2. The van der Waals surface area contributed by atoms with Crippen LogP contribution in [-0.4, -0.2) is 12.6 Å². The highest BCUT2D eigenvalue weighted by molar-refractivity contribution is 6.31. The van der Waals surface area contributed by atoms with E-state index in [-0.39, 0.29) is 12.1 Å². The molecule has 2 amide bonds. The lowest BCUT2D eigenvalue weighted by molar-refractivity contribution is 0.238. The molecule has 1 unspecified atom stereocenters. The first-order chi connectivity index (χ1) is 8.15. The van der Waals surface area contributed by atoms with Gasteiger partial charge in [-0.2, -0.15) is 0 Å². The summed E-state index contributed by atoms with van der Waals surface area (Å²) in [6.07, 6.45) is 2.06. The van der Waals surface area contributed by atoms with Gasteiger partial charge in [0.15, 0.2) is 0 Å². The monoisotopic (exact) mass is 254 g/mol. The van der Waals surface area contributed by atoms with Gasteiger partial charge in [-0.3, -0.25) is 0 Å². The maximum Gasteiger partial charge on any atom is 0.315 e. The van der Waals surface area contributed by atoms with Crippen LogP contribution >= 0.6 is 11.6 Å². The first-order valence-corrected chi connectivity index (χ1v) is 6.31. The largest absolute Gasteiger partial charge is 0.338 e. The molecule has 0 radical (unpaired) electrons. The van der Waals surface area contributed by atoms with Crippen LogP contribution in [0.4, 0.5) is 4.79 Å². The molecule has 1 rings (SSSR count). The highest BCUT2D eigenvalue weighted by Crippen LogP contribution is 2.21. The van der Waals surface area contributed by atoms with Gasteiger partial charge in [-0.05, 0) is 25.0 Å². The summed E-state index contributed by atoms with van der Waals surface area (Å²) in [4.78, 5) is 11.5. The minimum atomic E-state index is -0.147. The summed E-state index contributed by atoms with van der Waals surface area (Å²) < 4.78 is 0. The van der Waals surface area contributed by atoms with E-state index in [1.807, 2.05) is 31.2 Å². The van der Waals surface area contributed by atoms with Crippen molar-refractivity contribution in [1.29, 1.82) is 0 Å². The third-order valence-corrected chi connectivity index (χ3v) is 2.88. The molecule has 0 heterocycles. The summed E-state index contributed by atoms with van der Waals surface area (Å²) in [5, 5.41) is 6.35. The maximum absolute atomic E-state index is 11.5. The van der Waals surface area contributed by atoms with Crippen LogP contribution in [0, 0.1) is 0 Å². The third-order valence-electron chi connectivity index (χ3n) is 2.54. The van der Waals surface area contributed by atoms with Crippen molar-refractivity contribution in [2.45, 2.75) is 32.7 Å². The molecule has 2 N–H and O–H groups in total. The molecule has 94 valence electrons. The van der Waals surface area contributed by atoms with Crippen LogP contribution in [0.3, 0.4) is 0 Å². The Morgan fingerprint density at radius 1 is 1.41 bits per heavy atom. The smallest absolute Gasteiger partial charge is 0.315 e. The van der Waals surface area contributed by atoms with Gasteiger partial charge in [0.2, 0.25) is 0 Å². The van der Waals surface area contributed by atoms with Crippen LogP contribution in [0.25, 0.3) is 0 Å². The zero-order valence-electron chi connectivity index (χ0n) is 10.3. The molecule has 0 aliphatic carbocycles. The minimum absolute atomic E-state index is 0.0923. The Hall–Kier alpha value is -1.22. The SMILES string of the molecule is CCCCNC(=O)NC(C)c1ccccc1Cl. The summed E-state index contributed by atoms with van der Waals surface area (Å²) in [5.74, 6) is 0. The number of halogens is 1. The third kappa shape index (κ3) is 4.65. The van der Waals surface area contributed by atoms with Gasteiger partial charge in [0.05, 0.1) is 6.04 Å². The van der Waals surface area contributed by atoms with Crippen molar-refractivity contribution < 1.29 is 4.79 Å². The van der Waals surface area contributed by atoms with Gasteiger partial charge in [0, 0.05) is 11.6 Å². The first kappa shape index (κ1) is 13.8. The molecule has 0 aliphatic heterocycles. The molecule has 17 heavy (non-hydrogen) atoms. The molecule has 0 spiro atoms. The van der Waals surface area contributed by atoms with Crippen molar-refractivity contribution >= 4 is 17.6 Å². The van der Waals surface area contributed by atoms with Gasteiger partial charge in [-0.25, -0.2) is 4.79 Å².